The van der Waals surface area contributed by atoms with E-state index in [4.69, 9.17) is 15.2 Å². The van der Waals surface area contributed by atoms with Gasteiger partial charge in [0, 0.05) is 13.1 Å². The van der Waals surface area contributed by atoms with Crippen molar-refractivity contribution < 1.29 is 14.3 Å². The highest BCUT2D eigenvalue weighted by Gasteiger charge is 2.37. The molecule has 2 aliphatic heterocycles. The predicted octanol–water partition coefficient (Wildman–Crippen LogP) is 0.402. The number of piperidine rings is 1. The molecule has 1 fully saturated rings. The molecule has 0 saturated carbocycles. The molecule has 0 radical (unpaired) electrons. The van der Waals surface area contributed by atoms with Gasteiger partial charge in [0.25, 0.3) is 0 Å². The van der Waals surface area contributed by atoms with Crippen LogP contribution >= 0.6 is 0 Å². The van der Waals surface area contributed by atoms with E-state index in [1.807, 2.05) is 18.2 Å². The minimum atomic E-state index is -0.431. The lowest BCUT2D eigenvalue weighted by atomic mass is 9.78. The van der Waals surface area contributed by atoms with Crippen molar-refractivity contribution in [3.8, 4) is 11.5 Å². The SMILES string of the molecule is NC(=O)C1(CNCc2ccc3c(c2)OCCO3)CCNCC1. The molecule has 4 N–H and O–H groups in total. The highest BCUT2D eigenvalue weighted by Crippen LogP contribution is 2.31. The zero-order valence-corrected chi connectivity index (χ0v) is 12.7. The summed E-state index contributed by atoms with van der Waals surface area (Å²) in [6, 6.07) is 5.93. The van der Waals surface area contributed by atoms with Gasteiger partial charge in [-0.1, -0.05) is 6.07 Å². The largest absolute Gasteiger partial charge is 0.486 e. The fourth-order valence-electron chi connectivity index (χ4n) is 3.06. The number of nitrogens with two attached hydrogens (primary N) is 1. The van der Waals surface area contributed by atoms with Gasteiger partial charge in [0.15, 0.2) is 11.5 Å². The first-order valence-electron chi connectivity index (χ1n) is 7.79. The first-order valence-corrected chi connectivity index (χ1v) is 7.79. The van der Waals surface area contributed by atoms with Crippen LogP contribution in [-0.4, -0.2) is 38.8 Å². The summed E-state index contributed by atoms with van der Waals surface area (Å²) in [6.45, 7) is 4.16. The molecule has 0 spiro atoms. The molecular weight excluding hydrogens is 282 g/mol. The molecule has 1 aromatic carbocycles. The molecule has 6 heteroatoms. The van der Waals surface area contributed by atoms with Gasteiger partial charge in [0.2, 0.25) is 5.91 Å². The maximum absolute atomic E-state index is 11.8. The van der Waals surface area contributed by atoms with Gasteiger partial charge in [-0.3, -0.25) is 4.79 Å². The van der Waals surface area contributed by atoms with Crippen molar-refractivity contribution in [3.63, 3.8) is 0 Å². The fraction of sp³-hybridized carbons (Fsp3) is 0.562. The number of carbonyl (C=O) groups is 1. The third-order valence-corrected chi connectivity index (χ3v) is 4.48. The second-order valence-electron chi connectivity index (χ2n) is 5.98. The Morgan fingerprint density at radius 1 is 1.23 bits per heavy atom. The van der Waals surface area contributed by atoms with Gasteiger partial charge in [0.1, 0.15) is 13.2 Å². The summed E-state index contributed by atoms with van der Waals surface area (Å²) >= 11 is 0. The van der Waals surface area contributed by atoms with Gasteiger partial charge >= 0.3 is 0 Å². The molecule has 2 heterocycles. The molecular formula is C16H23N3O3. The molecule has 3 rings (SSSR count). The normalized spacial score (nSPS) is 19.6. The molecule has 0 unspecified atom stereocenters. The number of ether oxygens (including phenoxy) is 2. The van der Waals surface area contributed by atoms with Crippen LogP contribution in [0.2, 0.25) is 0 Å². The number of benzene rings is 1. The van der Waals surface area contributed by atoms with Gasteiger partial charge in [0.05, 0.1) is 5.41 Å². The molecule has 1 amide bonds. The maximum atomic E-state index is 11.8. The average molecular weight is 305 g/mol. The third-order valence-electron chi connectivity index (χ3n) is 4.48. The summed E-state index contributed by atoms with van der Waals surface area (Å²) in [6.07, 6.45) is 1.58. The molecule has 2 aliphatic rings. The van der Waals surface area contributed by atoms with Crippen LogP contribution in [0.3, 0.4) is 0 Å². The van der Waals surface area contributed by atoms with E-state index in [1.54, 1.807) is 0 Å². The van der Waals surface area contributed by atoms with Gasteiger partial charge in [-0.2, -0.15) is 0 Å². The van der Waals surface area contributed by atoms with Crippen LogP contribution < -0.4 is 25.8 Å². The van der Waals surface area contributed by atoms with Crippen LogP contribution in [0.25, 0.3) is 0 Å². The van der Waals surface area contributed by atoms with E-state index in [-0.39, 0.29) is 5.91 Å². The van der Waals surface area contributed by atoms with Gasteiger partial charge in [-0.15, -0.1) is 0 Å². The Kier molecular flexibility index (Phi) is 4.49. The van der Waals surface area contributed by atoms with Crippen LogP contribution in [0, 0.1) is 5.41 Å². The van der Waals surface area contributed by atoms with Crippen molar-refractivity contribution in [2.24, 2.45) is 11.1 Å². The van der Waals surface area contributed by atoms with Gasteiger partial charge in [-0.25, -0.2) is 0 Å². The summed E-state index contributed by atoms with van der Waals surface area (Å²) in [5, 5.41) is 6.65. The van der Waals surface area contributed by atoms with Crippen molar-refractivity contribution in [1.29, 1.82) is 0 Å². The number of amides is 1. The predicted molar refractivity (Wildman–Crippen MR) is 82.9 cm³/mol. The van der Waals surface area contributed by atoms with Crippen LogP contribution in [0.15, 0.2) is 18.2 Å². The Morgan fingerprint density at radius 2 is 1.95 bits per heavy atom. The Hall–Kier alpha value is -1.79. The molecule has 0 bridgehead atoms. The second kappa shape index (κ2) is 6.54. The Bertz CT molecular complexity index is 541. The summed E-state index contributed by atoms with van der Waals surface area (Å²) in [4.78, 5) is 11.8. The lowest BCUT2D eigenvalue weighted by Crippen LogP contribution is -2.50. The topological polar surface area (TPSA) is 85.6 Å². The molecule has 120 valence electrons. The molecule has 1 saturated heterocycles. The summed E-state index contributed by atoms with van der Waals surface area (Å²) < 4.78 is 11.1. The zero-order chi connectivity index (χ0) is 15.4. The lowest BCUT2D eigenvalue weighted by molar-refractivity contribution is -0.129. The van der Waals surface area contributed by atoms with Crippen molar-refractivity contribution in [2.75, 3.05) is 32.8 Å². The molecule has 0 atom stereocenters. The second-order valence-corrected chi connectivity index (χ2v) is 5.98. The minimum absolute atomic E-state index is 0.205. The number of carbonyl (C=O) groups excluding carboxylic acids is 1. The van der Waals surface area contributed by atoms with E-state index in [2.05, 4.69) is 10.6 Å². The smallest absolute Gasteiger partial charge is 0.225 e. The third kappa shape index (κ3) is 3.18. The van der Waals surface area contributed by atoms with Crippen LogP contribution in [0.5, 0.6) is 11.5 Å². The summed E-state index contributed by atoms with van der Waals surface area (Å²) in [5.74, 6) is 1.38. The van der Waals surface area contributed by atoms with E-state index in [0.717, 1.165) is 43.0 Å². The Labute approximate surface area is 130 Å². The van der Waals surface area contributed by atoms with Crippen molar-refractivity contribution in [1.82, 2.24) is 10.6 Å². The highest BCUT2D eigenvalue weighted by molar-refractivity contribution is 5.81. The highest BCUT2D eigenvalue weighted by atomic mass is 16.6. The van der Waals surface area contributed by atoms with E-state index in [0.29, 0.717) is 26.3 Å². The number of nitrogens with one attached hydrogen (secondary N) is 2. The number of rotatable bonds is 5. The van der Waals surface area contributed by atoms with Crippen molar-refractivity contribution >= 4 is 5.91 Å². The summed E-state index contributed by atoms with van der Waals surface area (Å²) in [5.41, 5.74) is 6.31. The lowest BCUT2D eigenvalue weighted by Gasteiger charge is -2.34. The van der Waals surface area contributed by atoms with Gasteiger partial charge in [-0.05, 0) is 43.6 Å². The molecule has 6 nitrogen and oxygen atoms in total. The zero-order valence-electron chi connectivity index (χ0n) is 12.7. The first kappa shape index (κ1) is 15.1. The van der Waals surface area contributed by atoms with E-state index in [9.17, 15) is 4.79 Å². The van der Waals surface area contributed by atoms with Gasteiger partial charge < -0.3 is 25.8 Å². The van der Waals surface area contributed by atoms with Crippen molar-refractivity contribution in [2.45, 2.75) is 19.4 Å². The quantitative estimate of drug-likeness (QED) is 0.733. The molecule has 0 aliphatic carbocycles. The number of primary amides is 1. The molecule has 1 aromatic rings. The Morgan fingerprint density at radius 3 is 2.68 bits per heavy atom. The first-order chi connectivity index (χ1) is 10.7. The van der Waals surface area contributed by atoms with Crippen LogP contribution in [0.4, 0.5) is 0 Å². The standard InChI is InChI=1S/C16H23N3O3/c17-15(20)16(3-5-18-6-4-16)11-19-10-12-1-2-13-14(9-12)22-8-7-21-13/h1-2,9,18-19H,3-8,10-11H2,(H2,17,20). The maximum Gasteiger partial charge on any atom is 0.225 e. The van der Waals surface area contributed by atoms with Crippen molar-refractivity contribution in [3.05, 3.63) is 23.8 Å². The monoisotopic (exact) mass is 305 g/mol. The van der Waals surface area contributed by atoms with Crippen LogP contribution in [0.1, 0.15) is 18.4 Å². The molecule has 22 heavy (non-hydrogen) atoms. The van der Waals surface area contributed by atoms with Crippen LogP contribution in [-0.2, 0) is 11.3 Å². The number of fused-ring (bicyclic) bond motifs is 1. The fourth-order valence-corrected chi connectivity index (χ4v) is 3.06. The summed E-state index contributed by atoms with van der Waals surface area (Å²) in [7, 11) is 0. The van der Waals surface area contributed by atoms with E-state index in [1.165, 1.54) is 0 Å². The average Bonchev–Trinajstić information content (AvgIpc) is 2.55. The number of hydrogen-bond acceptors (Lipinski definition) is 5. The van der Waals surface area contributed by atoms with E-state index >= 15 is 0 Å². The Balaban J connectivity index is 1.59. The minimum Gasteiger partial charge on any atom is -0.486 e. The molecule has 0 aromatic heterocycles. The van der Waals surface area contributed by atoms with E-state index < -0.39 is 5.41 Å². The number of hydrogen-bond donors (Lipinski definition) is 3.